The molecule has 0 unspecified atom stereocenters. The van der Waals surface area contributed by atoms with Crippen molar-refractivity contribution in [3.63, 3.8) is 0 Å². The van der Waals surface area contributed by atoms with Crippen LogP contribution in [0.2, 0.25) is 0 Å². The van der Waals surface area contributed by atoms with Crippen molar-refractivity contribution in [1.82, 2.24) is 0 Å². The predicted molar refractivity (Wildman–Crippen MR) is 261 cm³/mol. The lowest BCUT2D eigenvalue weighted by Crippen LogP contribution is 0.688. The summed E-state index contributed by atoms with van der Waals surface area (Å²) >= 11 is 0. The van der Waals surface area contributed by atoms with E-state index in [4.69, 9.17) is 0 Å². The quantitative estimate of drug-likeness (QED) is 0.227. The molecule has 0 spiro atoms. The summed E-state index contributed by atoms with van der Waals surface area (Å²) in [6, 6.07) is 0. The first kappa shape index (κ1) is 880. The summed E-state index contributed by atoms with van der Waals surface area (Å²) in [4.78, 5) is 0. The SMILES string of the molecule is Cl.Cl.Cl.Cl.Cl.Cl.Cl.Cl.Cl.Cl.Cl.Cl.Cl.Cl.Cl.Cl.Cl.Cl.Cl.Cl.Cl.Cl.Cl.Cl.Cl.Cl.Cl.Cl.Cl.Cl.Cl.Cl.Cl.Cl.Cl.Cl. The molecule has 0 atom stereocenters. The number of hydrogen-bond acceptors (Lipinski definition) is 0. The van der Waals surface area contributed by atoms with Crippen LogP contribution in [-0.4, -0.2) is 0 Å². The van der Waals surface area contributed by atoms with Gasteiger partial charge in [0.15, 0.2) is 0 Å². The van der Waals surface area contributed by atoms with Gasteiger partial charge < -0.3 is 0 Å². The van der Waals surface area contributed by atoms with Gasteiger partial charge in [-0.15, -0.1) is 447 Å². The van der Waals surface area contributed by atoms with Gasteiger partial charge in [-0.25, -0.2) is 0 Å². The first-order valence-electron chi connectivity index (χ1n) is 0. The molecular weight excluding hydrogens is 1280 g/mol. The lowest BCUT2D eigenvalue weighted by Gasteiger charge is -0.148. The Morgan fingerprint density at radius 1 is 0.0278 bits per heavy atom. The molecule has 0 nitrogen and oxygen atoms in total. The van der Waals surface area contributed by atoms with Gasteiger partial charge in [0.05, 0.1) is 0 Å². The van der Waals surface area contributed by atoms with Gasteiger partial charge >= 0.3 is 0 Å². The highest BCUT2D eigenvalue weighted by atomic mass is 35.5. The third-order valence-electron chi connectivity index (χ3n) is 0. The van der Waals surface area contributed by atoms with E-state index in [0.717, 1.165) is 0 Å². The van der Waals surface area contributed by atoms with E-state index in [1.54, 1.807) is 0 Å². The summed E-state index contributed by atoms with van der Waals surface area (Å²) in [5, 5.41) is 0. The topological polar surface area (TPSA) is 0 Å². The van der Waals surface area contributed by atoms with Crippen LogP contribution >= 0.6 is 447 Å². The monoisotopic (exact) mass is 1300 g/mol. The second-order valence-corrected chi connectivity index (χ2v) is 0. The van der Waals surface area contributed by atoms with Crippen LogP contribution in [0.25, 0.3) is 0 Å². The van der Waals surface area contributed by atoms with Gasteiger partial charge in [-0.05, 0) is 0 Å². The molecule has 0 radical (unpaired) electrons. The van der Waals surface area contributed by atoms with Gasteiger partial charge in [0.2, 0.25) is 0 Å². The summed E-state index contributed by atoms with van der Waals surface area (Å²) in [7, 11) is 0. The van der Waals surface area contributed by atoms with Crippen LogP contribution in [0.4, 0.5) is 0 Å². The fourth-order valence-electron chi connectivity index (χ4n) is 0. The molecule has 0 aliphatic heterocycles. The highest BCUT2D eigenvalue weighted by molar-refractivity contribution is 5.89. The molecule has 0 aromatic rings. The zero-order valence-corrected chi connectivity index (χ0v) is 44.1. The number of halogens is 36. The van der Waals surface area contributed by atoms with Gasteiger partial charge in [-0.3, -0.25) is 0 Å². The molecule has 0 fully saturated rings. The van der Waals surface area contributed by atoms with Crippen molar-refractivity contribution >= 4 is 447 Å². The van der Waals surface area contributed by atoms with Crippen LogP contribution in [0.3, 0.4) is 0 Å². The zero-order valence-electron chi connectivity index (χ0n) is 14.7. The Morgan fingerprint density at radius 2 is 0.0278 bits per heavy atom. The fourth-order valence-corrected chi connectivity index (χ4v) is 0. The summed E-state index contributed by atoms with van der Waals surface area (Å²) in [5.41, 5.74) is 0. The summed E-state index contributed by atoms with van der Waals surface area (Å²) in [6.07, 6.45) is 0. The van der Waals surface area contributed by atoms with Crippen LogP contribution in [0.15, 0.2) is 0 Å². The van der Waals surface area contributed by atoms with Gasteiger partial charge in [0.1, 0.15) is 0 Å². The average Bonchev–Trinajstić information content (AvgIpc) is 0. The van der Waals surface area contributed by atoms with Crippen LogP contribution < -0.4 is 0 Å². The molecule has 0 bridgehead atoms. The van der Waals surface area contributed by atoms with E-state index in [1.807, 2.05) is 0 Å². The second-order valence-electron chi connectivity index (χ2n) is 0. The van der Waals surface area contributed by atoms with Crippen molar-refractivity contribution < 1.29 is 0 Å². The van der Waals surface area contributed by atoms with Gasteiger partial charge in [0, 0.05) is 0 Å². The van der Waals surface area contributed by atoms with Crippen molar-refractivity contribution in [1.29, 1.82) is 0 Å². The lowest BCUT2D eigenvalue weighted by atomic mass is 35.5. The second kappa shape index (κ2) is 823. The number of rotatable bonds is 0. The fraction of sp³-hybridized carbons (Fsp3) is 0. The van der Waals surface area contributed by atoms with E-state index in [-0.39, 0.29) is 447 Å². The molecule has 288 valence electrons. The van der Waals surface area contributed by atoms with Crippen molar-refractivity contribution in [3.05, 3.63) is 0 Å². The zero-order chi connectivity index (χ0) is 0. The predicted octanol–water partition coefficient (Wildman–Crippen LogP) is 15.2. The standard InChI is InChI=1S/36ClH/h36*1H. The number of hydrogen-bond donors (Lipinski definition) is 0. The Morgan fingerprint density at radius 3 is 0.0278 bits per heavy atom. The van der Waals surface area contributed by atoms with Crippen LogP contribution in [0.1, 0.15) is 0 Å². The molecule has 0 aliphatic rings. The third-order valence-corrected chi connectivity index (χ3v) is 0. The Balaban J connectivity index is 0. The largest absolute Gasteiger partial charge is 0.147 e. The Labute approximate surface area is 439 Å². The maximum Gasteiger partial charge on any atom is -0.147 e. The molecule has 36 heavy (non-hydrogen) atoms. The van der Waals surface area contributed by atoms with E-state index >= 15 is 0 Å². The molecule has 0 aliphatic carbocycles. The van der Waals surface area contributed by atoms with E-state index in [0.29, 0.717) is 0 Å². The Kier molecular flexibility index (Phi) is 20100. The Hall–Kier alpha value is 10.4. The molecule has 0 N–H and O–H groups in total. The van der Waals surface area contributed by atoms with Crippen LogP contribution in [0.5, 0.6) is 0 Å². The first-order valence-corrected chi connectivity index (χ1v) is 0. The van der Waals surface area contributed by atoms with Crippen LogP contribution in [0, 0.1) is 0 Å². The maximum atomic E-state index is 0. The van der Waals surface area contributed by atoms with E-state index in [2.05, 4.69) is 0 Å². The average molecular weight is 1310 g/mol. The van der Waals surface area contributed by atoms with Crippen molar-refractivity contribution in [2.45, 2.75) is 0 Å². The molecule has 0 saturated heterocycles. The van der Waals surface area contributed by atoms with E-state index in [9.17, 15) is 0 Å². The minimum Gasteiger partial charge on any atom is -0.147 e. The normalized spacial score (nSPS) is 0. The highest BCUT2D eigenvalue weighted by Gasteiger charge is -0.112. The molecular formula is H36Cl36. The van der Waals surface area contributed by atoms with E-state index < -0.39 is 0 Å². The van der Waals surface area contributed by atoms with Crippen molar-refractivity contribution in [2.75, 3.05) is 0 Å². The molecule has 0 saturated carbocycles. The summed E-state index contributed by atoms with van der Waals surface area (Å²) in [6.45, 7) is 0. The first-order chi connectivity index (χ1) is 0. The molecule has 0 aromatic heterocycles. The Bertz CT molecular complexity index is 0. The molecule has 0 rings (SSSR count). The van der Waals surface area contributed by atoms with Gasteiger partial charge in [-0.1, -0.05) is 0 Å². The smallest absolute Gasteiger partial charge is 0.147 e. The molecule has 36 heteroatoms. The lowest BCUT2D eigenvalue weighted by molar-refractivity contribution is 5.85. The van der Waals surface area contributed by atoms with E-state index in [1.165, 1.54) is 0 Å². The highest BCUT2D eigenvalue weighted by Crippen LogP contribution is 0.724. The molecule has 0 heterocycles. The summed E-state index contributed by atoms with van der Waals surface area (Å²) < 4.78 is 0. The third kappa shape index (κ3) is 769. The summed E-state index contributed by atoms with van der Waals surface area (Å²) in [5.74, 6) is 0. The minimum absolute atomic E-state index is 0. The van der Waals surface area contributed by atoms with Crippen molar-refractivity contribution in [2.24, 2.45) is 0 Å². The molecule has 0 aromatic carbocycles. The van der Waals surface area contributed by atoms with Gasteiger partial charge in [0.25, 0.3) is 0 Å². The van der Waals surface area contributed by atoms with Gasteiger partial charge in [-0.2, -0.15) is 0 Å². The minimum atomic E-state index is 0. The van der Waals surface area contributed by atoms with Crippen molar-refractivity contribution in [3.8, 4) is 0 Å². The maximum absolute atomic E-state index is 0. The van der Waals surface area contributed by atoms with Crippen LogP contribution in [-0.2, 0) is 0 Å². The molecule has 0 amide bonds.